The van der Waals surface area contributed by atoms with Gasteiger partial charge in [-0.1, -0.05) is 26.3 Å². The number of nitrogens with one attached hydrogen (secondary N) is 2. The highest BCUT2D eigenvalue weighted by molar-refractivity contribution is 7.90. The van der Waals surface area contributed by atoms with E-state index in [9.17, 15) is 8.42 Å². The van der Waals surface area contributed by atoms with Crippen LogP contribution in [0.1, 0.15) is 33.1 Å². The highest BCUT2D eigenvalue weighted by Crippen LogP contribution is 2.18. The molecule has 6 heteroatoms. The molecule has 0 heterocycles. The molecule has 0 saturated carbocycles. The summed E-state index contributed by atoms with van der Waals surface area (Å²) in [5.41, 5.74) is 1.36. The Kier molecular flexibility index (Phi) is 5.43. The molecule has 0 radical (unpaired) electrons. The molecular formula is C12H21N3O2S. The van der Waals surface area contributed by atoms with Crippen LogP contribution in [0.3, 0.4) is 0 Å². The maximum atomic E-state index is 10.9. The molecule has 0 fully saturated rings. The molecule has 1 aromatic rings. The van der Waals surface area contributed by atoms with Gasteiger partial charge in [0.1, 0.15) is 0 Å². The number of anilines is 2. The summed E-state index contributed by atoms with van der Waals surface area (Å²) in [7, 11) is -3.72. The molecule has 5 nitrogen and oxygen atoms in total. The van der Waals surface area contributed by atoms with Crippen LogP contribution in [-0.4, -0.2) is 14.5 Å². The van der Waals surface area contributed by atoms with E-state index in [1.165, 1.54) is 0 Å². The molecule has 4 N–H and O–H groups in total. The highest BCUT2D eigenvalue weighted by Gasteiger charge is 2.06. The molecule has 0 saturated heterocycles. The van der Waals surface area contributed by atoms with Crippen molar-refractivity contribution in [3.63, 3.8) is 0 Å². The summed E-state index contributed by atoms with van der Waals surface area (Å²) < 4.78 is 24.1. The highest BCUT2D eigenvalue weighted by atomic mass is 32.2. The second kappa shape index (κ2) is 6.61. The van der Waals surface area contributed by atoms with Crippen molar-refractivity contribution in [3.8, 4) is 0 Å². The van der Waals surface area contributed by atoms with E-state index in [1.54, 1.807) is 18.2 Å². The molecule has 0 aliphatic rings. The smallest absolute Gasteiger partial charge is 0.296 e. The molecule has 0 amide bonds. The lowest BCUT2D eigenvalue weighted by molar-refractivity contribution is 0.603. The zero-order valence-corrected chi connectivity index (χ0v) is 11.6. The van der Waals surface area contributed by atoms with Gasteiger partial charge in [-0.05, 0) is 31.0 Å². The summed E-state index contributed by atoms with van der Waals surface area (Å²) in [5.74, 6) is 0. The first-order valence-corrected chi connectivity index (χ1v) is 7.66. The summed E-state index contributed by atoms with van der Waals surface area (Å²) in [6.45, 7) is 4.27. The van der Waals surface area contributed by atoms with Crippen LogP contribution in [-0.2, 0) is 10.2 Å². The molecule has 18 heavy (non-hydrogen) atoms. The number of hydrogen-bond acceptors (Lipinski definition) is 3. The van der Waals surface area contributed by atoms with Crippen LogP contribution in [0.15, 0.2) is 24.3 Å². The number of nitrogens with two attached hydrogens (primary N) is 1. The van der Waals surface area contributed by atoms with Gasteiger partial charge in [0, 0.05) is 11.7 Å². The summed E-state index contributed by atoms with van der Waals surface area (Å²) in [4.78, 5) is 0. The number of hydrogen-bond donors (Lipinski definition) is 3. The largest absolute Gasteiger partial charge is 0.382 e. The van der Waals surface area contributed by atoms with Crippen molar-refractivity contribution in [2.24, 2.45) is 5.14 Å². The fourth-order valence-corrected chi connectivity index (χ4v) is 2.25. The third kappa shape index (κ3) is 5.37. The fourth-order valence-electron chi connectivity index (χ4n) is 1.80. The van der Waals surface area contributed by atoms with E-state index in [0.29, 0.717) is 11.7 Å². The van der Waals surface area contributed by atoms with Crippen LogP contribution in [0.4, 0.5) is 11.4 Å². The van der Waals surface area contributed by atoms with E-state index in [1.807, 2.05) is 6.07 Å². The van der Waals surface area contributed by atoms with Crippen molar-refractivity contribution in [1.29, 1.82) is 0 Å². The molecule has 1 aromatic carbocycles. The average Bonchev–Trinajstić information content (AvgIpc) is 2.26. The Labute approximate surface area is 109 Å². The first kappa shape index (κ1) is 14.8. The van der Waals surface area contributed by atoms with Crippen molar-refractivity contribution in [2.75, 3.05) is 10.0 Å². The third-order valence-electron chi connectivity index (χ3n) is 2.62. The van der Waals surface area contributed by atoms with Crippen LogP contribution >= 0.6 is 0 Å². The molecule has 1 rings (SSSR count). The fraction of sp³-hybridized carbons (Fsp3) is 0.500. The van der Waals surface area contributed by atoms with Crippen LogP contribution in [0.25, 0.3) is 0 Å². The Morgan fingerprint density at radius 1 is 1.28 bits per heavy atom. The quantitative estimate of drug-likeness (QED) is 0.711. The number of benzene rings is 1. The lowest BCUT2D eigenvalue weighted by Gasteiger charge is -2.18. The molecule has 0 aliphatic heterocycles. The minimum Gasteiger partial charge on any atom is -0.382 e. The zero-order chi connectivity index (χ0) is 13.6. The first-order chi connectivity index (χ1) is 8.44. The van der Waals surface area contributed by atoms with Crippen molar-refractivity contribution >= 4 is 21.6 Å². The minimum atomic E-state index is -3.72. The SMILES string of the molecule is CCCC(CC)Nc1cccc(NS(N)(=O)=O)c1. The van der Waals surface area contributed by atoms with Gasteiger partial charge in [-0.25, -0.2) is 5.14 Å². The topological polar surface area (TPSA) is 84.2 Å². The maximum absolute atomic E-state index is 10.9. The van der Waals surface area contributed by atoms with Crippen LogP contribution in [0.2, 0.25) is 0 Å². The standard InChI is InChI=1S/C12H21N3O2S/c1-3-6-10(4-2)14-11-7-5-8-12(9-11)15-18(13,16)17/h5,7-10,14-15H,3-4,6H2,1-2H3,(H2,13,16,17). The molecule has 0 bridgehead atoms. The Balaban J connectivity index is 2.75. The van der Waals surface area contributed by atoms with E-state index in [0.717, 1.165) is 24.9 Å². The van der Waals surface area contributed by atoms with Gasteiger partial charge >= 0.3 is 0 Å². The van der Waals surface area contributed by atoms with Crippen LogP contribution in [0, 0.1) is 0 Å². The number of rotatable bonds is 7. The van der Waals surface area contributed by atoms with E-state index >= 15 is 0 Å². The third-order valence-corrected chi connectivity index (χ3v) is 3.14. The predicted octanol–water partition coefficient (Wildman–Crippen LogP) is 2.29. The molecule has 0 spiro atoms. The van der Waals surface area contributed by atoms with Crippen molar-refractivity contribution < 1.29 is 8.42 Å². The normalized spacial score (nSPS) is 13.1. The summed E-state index contributed by atoms with van der Waals surface area (Å²) in [5, 5.41) is 8.31. The second-order valence-corrected chi connectivity index (χ2v) is 5.56. The Hall–Kier alpha value is -1.27. The zero-order valence-electron chi connectivity index (χ0n) is 10.8. The summed E-state index contributed by atoms with van der Waals surface area (Å²) in [6, 6.07) is 7.50. The maximum Gasteiger partial charge on any atom is 0.296 e. The van der Waals surface area contributed by atoms with E-state index in [2.05, 4.69) is 23.9 Å². The van der Waals surface area contributed by atoms with Gasteiger partial charge in [-0.2, -0.15) is 8.42 Å². The van der Waals surface area contributed by atoms with Gasteiger partial charge in [-0.15, -0.1) is 0 Å². The van der Waals surface area contributed by atoms with Gasteiger partial charge in [0.25, 0.3) is 10.2 Å². The molecule has 1 atom stereocenters. The van der Waals surface area contributed by atoms with E-state index in [-0.39, 0.29) is 0 Å². The molecule has 102 valence electrons. The minimum absolute atomic E-state index is 0.403. The second-order valence-electron chi connectivity index (χ2n) is 4.27. The monoisotopic (exact) mass is 271 g/mol. The van der Waals surface area contributed by atoms with Gasteiger partial charge in [0.05, 0.1) is 5.69 Å². The van der Waals surface area contributed by atoms with E-state index < -0.39 is 10.2 Å². The van der Waals surface area contributed by atoms with Crippen molar-refractivity contribution in [2.45, 2.75) is 39.2 Å². The van der Waals surface area contributed by atoms with Gasteiger partial charge in [0.2, 0.25) is 0 Å². The first-order valence-electron chi connectivity index (χ1n) is 6.11. The summed E-state index contributed by atoms with van der Waals surface area (Å²) in [6.07, 6.45) is 3.23. The average molecular weight is 271 g/mol. The summed E-state index contributed by atoms with van der Waals surface area (Å²) >= 11 is 0. The lowest BCUT2D eigenvalue weighted by atomic mass is 10.1. The Morgan fingerprint density at radius 2 is 1.94 bits per heavy atom. The Morgan fingerprint density at radius 3 is 2.50 bits per heavy atom. The van der Waals surface area contributed by atoms with Crippen LogP contribution in [0.5, 0.6) is 0 Å². The molecular weight excluding hydrogens is 250 g/mol. The van der Waals surface area contributed by atoms with E-state index in [4.69, 9.17) is 5.14 Å². The van der Waals surface area contributed by atoms with Crippen LogP contribution < -0.4 is 15.2 Å². The van der Waals surface area contributed by atoms with Gasteiger partial charge < -0.3 is 5.32 Å². The van der Waals surface area contributed by atoms with Gasteiger partial charge in [-0.3, -0.25) is 4.72 Å². The van der Waals surface area contributed by atoms with Crippen molar-refractivity contribution in [1.82, 2.24) is 0 Å². The molecule has 0 aromatic heterocycles. The Bertz CT molecular complexity index is 474. The predicted molar refractivity (Wildman–Crippen MR) is 75.8 cm³/mol. The lowest BCUT2D eigenvalue weighted by Crippen LogP contribution is -2.22. The molecule has 0 aliphatic carbocycles. The van der Waals surface area contributed by atoms with Gasteiger partial charge in [0.15, 0.2) is 0 Å². The molecule has 1 unspecified atom stereocenters. The van der Waals surface area contributed by atoms with Crippen molar-refractivity contribution in [3.05, 3.63) is 24.3 Å².